The average molecular weight is 895 g/mol. The maximum Gasteiger partial charge on any atom is 0.472 e. The summed E-state index contributed by atoms with van der Waals surface area (Å²) < 4.78 is 34.2. The van der Waals surface area contributed by atoms with Gasteiger partial charge in [0.15, 0.2) is 0 Å². The van der Waals surface area contributed by atoms with Crippen LogP contribution in [-0.4, -0.2) is 98.9 Å². The summed E-state index contributed by atoms with van der Waals surface area (Å²) in [5.74, 6) is -0.470. The smallest absolute Gasteiger partial charge is 0.457 e. The van der Waals surface area contributed by atoms with E-state index in [4.69, 9.17) is 18.5 Å². The Labute approximate surface area is 372 Å². The van der Waals surface area contributed by atoms with Crippen molar-refractivity contribution in [3.8, 4) is 0 Å². The summed E-state index contributed by atoms with van der Waals surface area (Å²) in [6.07, 6.45) is 30.4. The van der Waals surface area contributed by atoms with Gasteiger partial charge in [-0.2, -0.15) is 0 Å². The standard InChI is InChI=1S/C48H95O12P/c1-3-5-7-9-11-13-15-16-17-18-19-20-21-22-23-24-25-26-27-29-31-33-35-37-42(49)59-41(39-57-38-36-34-32-30-28-14-12-10-8-6-4-2)40-58-61(55,56)60-48-46(53)44(51)43(50)45(52)47(48)54/h41,43-48,50-54H,3-40H2,1-2H3,(H,55,56). The van der Waals surface area contributed by atoms with Crippen LogP contribution >= 0.6 is 7.82 Å². The number of carbonyl (C=O) groups is 1. The van der Waals surface area contributed by atoms with E-state index in [1.807, 2.05) is 0 Å². The van der Waals surface area contributed by atoms with E-state index in [0.29, 0.717) is 13.0 Å². The van der Waals surface area contributed by atoms with E-state index < -0.39 is 63.1 Å². The van der Waals surface area contributed by atoms with E-state index in [0.717, 1.165) is 38.5 Å². The highest BCUT2D eigenvalue weighted by Gasteiger charge is 2.51. The van der Waals surface area contributed by atoms with Crippen LogP contribution in [0, 0.1) is 0 Å². The normalized spacial score (nSPS) is 22.0. The number of phosphoric ester groups is 1. The third-order valence-electron chi connectivity index (χ3n) is 12.2. The molecule has 0 aromatic heterocycles. The van der Waals surface area contributed by atoms with E-state index in [1.165, 1.54) is 173 Å². The van der Waals surface area contributed by atoms with E-state index in [2.05, 4.69) is 13.8 Å². The van der Waals surface area contributed by atoms with Crippen LogP contribution < -0.4 is 0 Å². The molecule has 1 fully saturated rings. The summed E-state index contributed by atoms with van der Waals surface area (Å²) in [5.41, 5.74) is 0. The number of hydrogen-bond donors (Lipinski definition) is 6. The minimum Gasteiger partial charge on any atom is -0.457 e. The van der Waals surface area contributed by atoms with Crippen molar-refractivity contribution in [1.29, 1.82) is 0 Å². The molecule has 61 heavy (non-hydrogen) atoms. The molecular formula is C48H95O12P. The first-order valence-electron chi connectivity index (χ1n) is 25.4. The summed E-state index contributed by atoms with van der Waals surface area (Å²) in [7, 11) is -5.01. The van der Waals surface area contributed by atoms with E-state index in [9.17, 15) is 39.8 Å². The maximum absolute atomic E-state index is 12.8. The molecule has 13 heteroatoms. The first kappa shape index (κ1) is 58.4. The molecule has 1 aliphatic rings. The molecule has 0 aromatic carbocycles. The molecule has 0 heterocycles. The van der Waals surface area contributed by atoms with Crippen LogP contribution in [0.5, 0.6) is 0 Å². The van der Waals surface area contributed by atoms with Gasteiger partial charge in [-0.3, -0.25) is 13.8 Å². The Morgan fingerprint density at radius 2 is 0.770 bits per heavy atom. The molecule has 0 bridgehead atoms. The predicted molar refractivity (Wildman–Crippen MR) is 244 cm³/mol. The highest BCUT2D eigenvalue weighted by atomic mass is 31.2. The Morgan fingerprint density at radius 1 is 0.459 bits per heavy atom. The fourth-order valence-electron chi connectivity index (χ4n) is 8.18. The van der Waals surface area contributed by atoms with Crippen molar-refractivity contribution in [1.82, 2.24) is 0 Å². The van der Waals surface area contributed by atoms with Crippen LogP contribution in [0.2, 0.25) is 0 Å². The lowest BCUT2D eigenvalue weighted by Crippen LogP contribution is -2.64. The van der Waals surface area contributed by atoms with Gasteiger partial charge in [0.1, 0.15) is 42.7 Å². The third kappa shape index (κ3) is 31.8. The van der Waals surface area contributed by atoms with Crippen LogP contribution in [0.15, 0.2) is 0 Å². The van der Waals surface area contributed by atoms with Gasteiger partial charge in [-0.05, 0) is 12.8 Å². The lowest BCUT2D eigenvalue weighted by atomic mass is 9.85. The number of esters is 1. The second kappa shape index (κ2) is 39.7. The maximum atomic E-state index is 12.8. The molecule has 0 aliphatic heterocycles. The van der Waals surface area contributed by atoms with Gasteiger partial charge in [0.25, 0.3) is 0 Å². The first-order chi connectivity index (χ1) is 29.5. The Bertz CT molecular complexity index is 1020. The Kier molecular flexibility index (Phi) is 38.0. The zero-order valence-electron chi connectivity index (χ0n) is 39.0. The topological polar surface area (TPSA) is 192 Å². The second-order valence-electron chi connectivity index (χ2n) is 18.0. The van der Waals surface area contributed by atoms with Gasteiger partial charge in [0.05, 0.1) is 13.2 Å². The largest absolute Gasteiger partial charge is 0.472 e. The molecule has 364 valence electrons. The zero-order chi connectivity index (χ0) is 44.8. The molecular weight excluding hydrogens is 799 g/mol. The number of carbonyl (C=O) groups excluding carboxylic acids is 1. The van der Waals surface area contributed by atoms with Crippen LogP contribution in [0.25, 0.3) is 0 Å². The van der Waals surface area contributed by atoms with Gasteiger partial charge < -0.3 is 39.9 Å². The molecule has 6 N–H and O–H groups in total. The van der Waals surface area contributed by atoms with Crippen molar-refractivity contribution in [3.63, 3.8) is 0 Å². The monoisotopic (exact) mass is 895 g/mol. The highest BCUT2D eigenvalue weighted by molar-refractivity contribution is 7.47. The van der Waals surface area contributed by atoms with Gasteiger partial charge in [-0.25, -0.2) is 4.57 Å². The number of aliphatic hydroxyl groups excluding tert-OH is 5. The minimum atomic E-state index is -5.01. The minimum absolute atomic E-state index is 0.0683. The summed E-state index contributed by atoms with van der Waals surface area (Å²) in [5, 5.41) is 50.2. The molecule has 0 amide bonds. The van der Waals surface area contributed by atoms with Crippen LogP contribution in [0.1, 0.15) is 239 Å². The third-order valence-corrected chi connectivity index (χ3v) is 13.2. The number of rotatable bonds is 44. The molecule has 12 nitrogen and oxygen atoms in total. The second-order valence-corrected chi connectivity index (χ2v) is 19.4. The average Bonchev–Trinajstić information content (AvgIpc) is 3.24. The van der Waals surface area contributed by atoms with Crippen molar-refractivity contribution in [2.75, 3.05) is 19.8 Å². The van der Waals surface area contributed by atoms with E-state index in [-0.39, 0.29) is 13.0 Å². The number of aliphatic hydroxyl groups is 5. The predicted octanol–water partition coefficient (Wildman–Crippen LogP) is 10.9. The summed E-state index contributed by atoms with van der Waals surface area (Å²) in [6, 6.07) is 0. The molecule has 6 atom stereocenters. The van der Waals surface area contributed by atoms with Crippen molar-refractivity contribution in [2.45, 2.75) is 281 Å². The van der Waals surface area contributed by atoms with Crippen molar-refractivity contribution < 1.29 is 58.3 Å². The summed E-state index contributed by atoms with van der Waals surface area (Å²) in [6.45, 7) is 4.30. The van der Waals surface area contributed by atoms with Crippen molar-refractivity contribution in [3.05, 3.63) is 0 Å². The van der Waals surface area contributed by atoms with Gasteiger partial charge >= 0.3 is 13.8 Å². The fraction of sp³-hybridized carbons (Fsp3) is 0.979. The zero-order valence-corrected chi connectivity index (χ0v) is 39.9. The lowest BCUT2D eigenvalue weighted by molar-refractivity contribution is -0.220. The molecule has 1 rings (SSSR count). The number of ether oxygens (including phenoxy) is 2. The molecule has 6 unspecified atom stereocenters. The fourth-order valence-corrected chi connectivity index (χ4v) is 9.15. The lowest BCUT2D eigenvalue weighted by Gasteiger charge is -2.41. The molecule has 0 saturated heterocycles. The van der Waals surface area contributed by atoms with E-state index >= 15 is 0 Å². The molecule has 0 radical (unpaired) electrons. The van der Waals surface area contributed by atoms with Gasteiger partial charge in [-0.15, -0.1) is 0 Å². The van der Waals surface area contributed by atoms with Crippen LogP contribution in [0.4, 0.5) is 0 Å². The Morgan fingerprint density at radius 3 is 1.13 bits per heavy atom. The Balaban J connectivity index is 2.27. The summed E-state index contributed by atoms with van der Waals surface area (Å²) >= 11 is 0. The number of hydrogen-bond acceptors (Lipinski definition) is 11. The van der Waals surface area contributed by atoms with E-state index in [1.54, 1.807) is 0 Å². The number of unbranched alkanes of at least 4 members (excludes halogenated alkanes) is 32. The van der Waals surface area contributed by atoms with Gasteiger partial charge in [0.2, 0.25) is 0 Å². The van der Waals surface area contributed by atoms with Crippen molar-refractivity contribution in [2.24, 2.45) is 0 Å². The van der Waals surface area contributed by atoms with Gasteiger partial charge in [0, 0.05) is 13.0 Å². The molecule has 1 aliphatic carbocycles. The summed E-state index contributed by atoms with van der Waals surface area (Å²) in [4.78, 5) is 23.2. The highest BCUT2D eigenvalue weighted by Crippen LogP contribution is 2.47. The van der Waals surface area contributed by atoms with Crippen LogP contribution in [0.3, 0.4) is 0 Å². The Hall–Kier alpha value is -0.660. The van der Waals surface area contributed by atoms with Crippen LogP contribution in [-0.2, 0) is 27.9 Å². The quantitative estimate of drug-likeness (QED) is 0.0193. The molecule has 0 aromatic rings. The molecule has 1 saturated carbocycles. The van der Waals surface area contributed by atoms with Crippen molar-refractivity contribution >= 4 is 13.8 Å². The SMILES string of the molecule is CCCCCCCCCCCCCCCCCCCCCCCCCC(=O)OC(COCCCCCCCCCCCCC)COP(=O)(O)OC1C(O)C(O)C(O)C(O)C1O. The molecule has 0 spiro atoms. The van der Waals surface area contributed by atoms with Gasteiger partial charge in [-0.1, -0.05) is 219 Å². The number of phosphoric acid groups is 1. The first-order valence-corrected chi connectivity index (χ1v) is 26.9.